The van der Waals surface area contributed by atoms with E-state index in [1.165, 1.54) is 0 Å². The molecule has 0 saturated carbocycles. The molecule has 0 aliphatic heterocycles. The third-order valence-corrected chi connectivity index (χ3v) is 4.76. The van der Waals surface area contributed by atoms with Gasteiger partial charge >= 0.3 is 0 Å². The molecule has 130 valence electrons. The Hall–Kier alpha value is -2.14. The van der Waals surface area contributed by atoms with Crippen LogP contribution in [-0.4, -0.2) is 32.7 Å². The van der Waals surface area contributed by atoms with Crippen LogP contribution in [-0.2, 0) is 6.54 Å². The second-order valence-electron chi connectivity index (χ2n) is 6.31. The molecule has 5 heteroatoms. The fraction of sp³-hybridized carbons (Fsp3) is 0.474. The van der Waals surface area contributed by atoms with Crippen molar-refractivity contribution in [3.63, 3.8) is 0 Å². The van der Waals surface area contributed by atoms with Gasteiger partial charge in [0.25, 0.3) is 5.91 Å². The summed E-state index contributed by atoms with van der Waals surface area (Å²) in [6.07, 6.45) is 3.00. The van der Waals surface area contributed by atoms with E-state index in [0.29, 0.717) is 24.9 Å². The molecule has 0 radical (unpaired) electrons. The molecule has 0 atom stereocenters. The van der Waals surface area contributed by atoms with E-state index in [4.69, 9.17) is 0 Å². The van der Waals surface area contributed by atoms with E-state index in [1.807, 2.05) is 52.0 Å². The standard InChI is InChI=1S/C19H27N3O2/c1-5-19(24,6-2)13-21-18(23)17-11-14(3)22(15(17)4)12-16-9-7-8-10-20-16/h7-11,24H,5-6,12-13H2,1-4H3,(H,21,23). The Balaban J connectivity index is 2.14. The summed E-state index contributed by atoms with van der Waals surface area (Å²) in [5, 5.41) is 13.2. The first-order valence-corrected chi connectivity index (χ1v) is 8.47. The Morgan fingerprint density at radius 2 is 2.00 bits per heavy atom. The second-order valence-corrected chi connectivity index (χ2v) is 6.31. The second kappa shape index (κ2) is 7.62. The minimum Gasteiger partial charge on any atom is -0.388 e. The SMILES string of the molecule is CCC(O)(CC)CNC(=O)c1cc(C)n(Cc2ccccn2)c1C. The molecule has 0 spiro atoms. The van der Waals surface area contributed by atoms with Crippen LogP contribution in [0.5, 0.6) is 0 Å². The third kappa shape index (κ3) is 4.03. The Morgan fingerprint density at radius 1 is 1.29 bits per heavy atom. The summed E-state index contributed by atoms with van der Waals surface area (Å²) in [6.45, 7) is 8.68. The van der Waals surface area contributed by atoms with E-state index in [0.717, 1.165) is 17.1 Å². The number of aliphatic hydroxyl groups is 1. The number of hydrogen-bond donors (Lipinski definition) is 2. The molecule has 2 N–H and O–H groups in total. The summed E-state index contributed by atoms with van der Waals surface area (Å²) < 4.78 is 2.09. The topological polar surface area (TPSA) is 67.2 Å². The highest BCUT2D eigenvalue weighted by Crippen LogP contribution is 2.18. The fourth-order valence-corrected chi connectivity index (χ4v) is 2.77. The van der Waals surface area contributed by atoms with Crippen LogP contribution in [0.2, 0.25) is 0 Å². The van der Waals surface area contributed by atoms with Crippen LogP contribution in [0.4, 0.5) is 0 Å². The van der Waals surface area contributed by atoms with Crippen molar-refractivity contribution in [2.75, 3.05) is 6.54 Å². The molecule has 0 aromatic carbocycles. The summed E-state index contributed by atoms with van der Waals surface area (Å²) in [4.78, 5) is 16.9. The largest absolute Gasteiger partial charge is 0.388 e. The molecule has 2 rings (SSSR count). The zero-order valence-electron chi connectivity index (χ0n) is 15.0. The van der Waals surface area contributed by atoms with E-state index < -0.39 is 5.60 Å². The lowest BCUT2D eigenvalue weighted by Crippen LogP contribution is -2.42. The van der Waals surface area contributed by atoms with E-state index in [2.05, 4.69) is 14.9 Å². The van der Waals surface area contributed by atoms with Gasteiger partial charge in [0.05, 0.1) is 23.4 Å². The van der Waals surface area contributed by atoms with E-state index in [1.54, 1.807) is 6.20 Å². The average molecular weight is 329 g/mol. The molecule has 0 bridgehead atoms. The number of carbonyl (C=O) groups is 1. The van der Waals surface area contributed by atoms with Gasteiger partial charge < -0.3 is 15.0 Å². The van der Waals surface area contributed by atoms with Crippen LogP contribution < -0.4 is 5.32 Å². The number of rotatable bonds is 7. The maximum atomic E-state index is 12.5. The molecule has 0 fully saturated rings. The predicted octanol–water partition coefficient (Wildman–Crippen LogP) is 2.83. The van der Waals surface area contributed by atoms with Gasteiger partial charge in [-0.15, -0.1) is 0 Å². The van der Waals surface area contributed by atoms with Crippen LogP contribution in [0.3, 0.4) is 0 Å². The van der Waals surface area contributed by atoms with Gasteiger partial charge in [0, 0.05) is 24.1 Å². The van der Waals surface area contributed by atoms with Crippen LogP contribution >= 0.6 is 0 Å². The fourth-order valence-electron chi connectivity index (χ4n) is 2.77. The van der Waals surface area contributed by atoms with Crippen molar-refractivity contribution in [1.29, 1.82) is 0 Å². The minimum atomic E-state index is -0.838. The molecule has 24 heavy (non-hydrogen) atoms. The summed E-state index contributed by atoms with van der Waals surface area (Å²) in [6, 6.07) is 7.71. The maximum Gasteiger partial charge on any atom is 0.253 e. The van der Waals surface area contributed by atoms with Crippen molar-refractivity contribution in [2.45, 2.75) is 52.7 Å². The molecule has 1 amide bonds. The number of aryl methyl sites for hydroxylation is 1. The molecule has 2 aromatic heterocycles. The monoisotopic (exact) mass is 329 g/mol. The van der Waals surface area contributed by atoms with Crippen LogP contribution in [0.15, 0.2) is 30.5 Å². The highest BCUT2D eigenvalue weighted by Gasteiger charge is 2.24. The molecular formula is C19H27N3O2. The highest BCUT2D eigenvalue weighted by molar-refractivity contribution is 5.95. The lowest BCUT2D eigenvalue weighted by atomic mass is 9.97. The zero-order valence-corrected chi connectivity index (χ0v) is 15.0. The van der Waals surface area contributed by atoms with Crippen molar-refractivity contribution in [2.24, 2.45) is 0 Å². The Morgan fingerprint density at radius 3 is 2.58 bits per heavy atom. The van der Waals surface area contributed by atoms with Crippen molar-refractivity contribution in [3.8, 4) is 0 Å². The van der Waals surface area contributed by atoms with Crippen molar-refractivity contribution >= 4 is 5.91 Å². The molecule has 2 aromatic rings. The number of amides is 1. The first kappa shape index (κ1) is 18.2. The summed E-state index contributed by atoms with van der Waals surface area (Å²) in [5.41, 5.74) is 2.70. The molecule has 0 aliphatic carbocycles. The summed E-state index contributed by atoms with van der Waals surface area (Å²) in [5.74, 6) is -0.143. The zero-order chi connectivity index (χ0) is 17.7. The van der Waals surface area contributed by atoms with Gasteiger partial charge in [0.15, 0.2) is 0 Å². The lowest BCUT2D eigenvalue weighted by Gasteiger charge is -2.25. The van der Waals surface area contributed by atoms with Crippen molar-refractivity contribution in [1.82, 2.24) is 14.9 Å². The van der Waals surface area contributed by atoms with Gasteiger partial charge in [0.1, 0.15) is 0 Å². The quantitative estimate of drug-likeness (QED) is 0.821. The Bertz CT molecular complexity index is 688. The van der Waals surface area contributed by atoms with Gasteiger partial charge in [-0.05, 0) is 44.9 Å². The number of hydrogen-bond acceptors (Lipinski definition) is 3. The minimum absolute atomic E-state index is 0.143. The number of nitrogens with one attached hydrogen (secondary N) is 1. The summed E-state index contributed by atoms with van der Waals surface area (Å²) >= 11 is 0. The van der Waals surface area contributed by atoms with Crippen molar-refractivity contribution < 1.29 is 9.90 Å². The number of nitrogens with zero attached hydrogens (tertiary/aromatic N) is 2. The number of pyridine rings is 1. The van der Waals surface area contributed by atoms with Crippen LogP contribution in [0.25, 0.3) is 0 Å². The molecule has 5 nitrogen and oxygen atoms in total. The van der Waals surface area contributed by atoms with Gasteiger partial charge in [0.2, 0.25) is 0 Å². The van der Waals surface area contributed by atoms with Crippen LogP contribution in [0.1, 0.15) is 54.1 Å². The van der Waals surface area contributed by atoms with E-state index in [-0.39, 0.29) is 12.5 Å². The molecule has 2 heterocycles. The first-order valence-electron chi connectivity index (χ1n) is 8.47. The van der Waals surface area contributed by atoms with Crippen molar-refractivity contribution in [3.05, 3.63) is 53.1 Å². The van der Waals surface area contributed by atoms with E-state index >= 15 is 0 Å². The first-order chi connectivity index (χ1) is 11.4. The Kier molecular flexibility index (Phi) is 5.78. The van der Waals surface area contributed by atoms with Gasteiger partial charge in [-0.2, -0.15) is 0 Å². The predicted molar refractivity (Wildman–Crippen MR) is 95.1 cm³/mol. The number of aromatic nitrogens is 2. The third-order valence-electron chi connectivity index (χ3n) is 4.76. The summed E-state index contributed by atoms with van der Waals surface area (Å²) in [7, 11) is 0. The molecular weight excluding hydrogens is 302 g/mol. The van der Waals surface area contributed by atoms with E-state index in [9.17, 15) is 9.90 Å². The normalized spacial score (nSPS) is 11.5. The van der Waals surface area contributed by atoms with Gasteiger partial charge in [-0.25, -0.2) is 0 Å². The lowest BCUT2D eigenvalue weighted by molar-refractivity contribution is 0.0314. The maximum absolute atomic E-state index is 12.5. The number of carbonyl (C=O) groups excluding carboxylic acids is 1. The van der Waals surface area contributed by atoms with Crippen LogP contribution in [0, 0.1) is 13.8 Å². The Labute approximate surface area is 143 Å². The molecule has 0 aliphatic rings. The highest BCUT2D eigenvalue weighted by atomic mass is 16.3. The van der Waals surface area contributed by atoms with Gasteiger partial charge in [-0.3, -0.25) is 9.78 Å². The smallest absolute Gasteiger partial charge is 0.253 e. The molecule has 0 saturated heterocycles. The van der Waals surface area contributed by atoms with Gasteiger partial charge in [-0.1, -0.05) is 19.9 Å². The molecule has 0 unspecified atom stereocenters. The average Bonchev–Trinajstić information content (AvgIpc) is 2.88.